The number of amides is 1. The van der Waals surface area contributed by atoms with Crippen LogP contribution in [0.25, 0.3) is 10.9 Å². The Bertz CT molecular complexity index is 794. The summed E-state index contributed by atoms with van der Waals surface area (Å²) >= 11 is 0. The first-order chi connectivity index (χ1) is 12.7. The van der Waals surface area contributed by atoms with Gasteiger partial charge in [-0.3, -0.25) is 5.32 Å². The van der Waals surface area contributed by atoms with E-state index >= 15 is 0 Å². The van der Waals surface area contributed by atoms with Gasteiger partial charge in [0.1, 0.15) is 11.8 Å². The van der Waals surface area contributed by atoms with Gasteiger partial charge in [-0.25, -0.2) is 4.79 Å². The van der Waals surface area contributed by atoms with Gasteiger partial charge in [0.2, 0.25) is 0 Å². The molecule has 1 saturated carbocycles. The van der Waals surface area contributed by atoms with E-state index in [9.17, 15) is 9.90 Å². The lowest BCUT2D eigenvalue weighted by Crippen LogP contribution is -2.53. The fourth-order valence-electron chi connectivity index (χ4n) is 3.68. The molecule has 1 unspecified atom stereocenters. The fraction of sp³-hybridized carbons (Fsp3) is 0.571. The van der Waals surface area contributed by atoms with Gasteiger partial charge in [-0.05, 0) is 58.7 Å². The van der Waals surface area contributed by atoms with Crippen LogP contribution < -0.4 is 10.6 Å². The highest BCUT2D eigenvalue weighted by Gasteiger charge is 2.30. The molecule has 1 aromatic heterocycles. The average Bonchev–Trinajstić information content (AvgIpc) is 2.98. The number of hydrogen-bond donors (Lipinski definition) is 4. The molecule has 0 bridgehead atoms. The summed E-state index contributed by atoms with van der Waals surface area (Å²) < 4.78 is 5.38. The molecule has 3 atom stereocenters. The van der Waals surface area contributed by atoms with Crippen molar-refractivity contribution in [1.29, 1.82) is 0 Å². The summed E-state index contributed by atoms with van der Waals surface area (Å²) in [6.07, 6.45) is 2.68. The number of rotatable bonds is 4. The number of aliphatic hydroxyl groups is 1. The van der Waals surface area contributed by atoms with Crippen molar-refractivity contribution in [3.63, 3.8) is 0 Å². The van der Waals surface area contributed by atoms with E-state index in [2.05, 4.69) is 28.6 Å². The Morgan fingerprint density at radius 3 is 2.63 bits per heavy atom. The summed E-state index contributed by atoms with van der Waals surface area (Å²) in [4.78, 5) is 15.4. The van der Waals surface area contributed by atoms with Gasteiger partial charge in [0.25, 0.3) is 0 Å². The number of aromatic amines is 1. The van der Waals surface area contributed by atoms with E-state index in [0.29, 0.717) is 0 Å². The molecule has 1 aromatic carbocycles. The number of carbonyl (C=O) groups excluding carboxylic acids is 1. The number of aliphatic hydroxyl groups excluding tert-OH is 1. The van der Waals surface area contributed by atoms with Crippen LogP contribution >= 0.6 is 0 Å². The standard InChI is InChI=1S/C21H31N3O3/c1-13-9-10-15-14(11-13)12-18(22-15)19(25)23-16-7-5-6-8-17(16)24-20(26)27-21(2,3)4/h9-12,16-17,19,22-23,25H,5-8H2,1-4H3,(H,24,26)/t16-,17+,19?/m0/s1. The Hall–Kier alpha value is -2.05. The van der Waals surface area contributed by atoms with Gasteiger partial charge in [-0.1, -0.05) is 24.5 Å². The molecule has 2 aromatic rings. The van der Waals surface area contributed by atoms with E-state index in [0.717, 1.165) is 42.3 Å². The molecular formula is C21H31N3O3. The van der Waals surface area contributed by atoms with Crippen molar-refractivity contribution in [3.05, 3.63) is 35.5 Å². The van der Waals surface area contributed by atoms with Gasteiger partial charge < -0.3 is 20.1 Å². The van der Waals surface area contributed by atoms with Crippen LogP contribution in [-0.2, 0) is 4.74 Å². The van der Waals surface area contributed by atoms with Crippen molar-refractivity contribution in [2.45, 2.75) is 77.3 Å². The molecule has 1 aliphatic rings. The predicted molar refractivity (Wildman–Crippen MR) is 107 cm³/mol. The van der Waals surface area contributed by atoms with E-state index in [-0.39, 0.29) is 12.1 Å². The van der Waals surface area contributed by atoms with Gasteiger partial charge in [-0.15, -0.1) is 0 Å². The Labute approximate surface area is 160 Å². The van der Waals surface area contributed by atoms with E-state index in [1.54, 1.807) is 0 Å². The molecule has 4 N–H and O–H groups in total. The molecule has 1 fully saturated rings. The fourth-order valence-corrected chi connectivity index (χ4v) is 3.68. The third-order valence-electron chi connectivity index (χ3n) is 4.93. The summed E-state index contributed by atoms with van der Waals surface area (Å²) in [6.45, 7) is 7.61. The number of benzene rings is 1. The SMILES string of the molecule is Cc1ccc2[nH]c(C(O)N[C@H]3CCCC[C@H]3NC(=O)OC(C)(C)C)cc2c1. The number of carbonyl (C=O) groups is 1. The minimum absolute atomic E-state index is 0.00517. The Kier molecular flexibility index (Phi) is 5.77. The van der Waals surface area contributed by atoms with Crippen molar-refractivity contribution in [2.24, 2.45) is 0 Å². The Morgan fingerprint density at radius 1 is 1.22 bits per heavy atom. The van der Waals surface area contributed by atoms with Crippen molar-refractivity contribution < 1.29 is 14.6 Å². The number of nitrogens with one attached hydrogen (secondary N) is 3. The molecule has 27 heavy (non-hydrogen) atoms. The molecule has 6 heteroatoms. The van der Waals surface area contributed by atoms with Gasteiger partial charge in [-0.2, -0.15) is 0 Å². The van der Waals surface area contributed by atoms with Gasteiger partial charge in [0.15, 0.2) is 0 Å². The lowest BCUT2D eigenvalue weighted by Gasteiger charge is -2.34. The summed E-state index contributed by atoms with van der Waals surface area (Å²) in [7, 11) is 0. The van der Waals surface area contributed by atoms with E-state index in [1.807, 2.05) is 39.0 Å². The second kappa shape index (κ2) is 7.90. The lowest BCUT2D eigenvalue weighted by atomic mass is 9.90. The van der Waals surface area contributed by atoms with Crippen LogP contribution in [0.3, 0.4) is 0 Å². The van der Waals surface area contributed by atoms with Gasteiger partial charge in [0, 0.05) is 23.0 Å². The van der Waals surface area contributed by atoms with Crippen LogP contribution in [0, 0.1) is 6.92 Å². The van der Waals surface area contributed by atoms with Crippen LogP contribution in [0.4, 0.5) is 4.79 Å². The number of H-pyrrole nitrogens is 1. The maximum Gasteiger partial charge on any atom is 0.407 e. The van der Waals surface area contributed by atoms with Crippen LogP contribution in [-0.4, -0.2) is 33.9 Å². The molecule has 0 saturated heterocycles. The Morgan fingerprint density at radius 2 is 1.93 bits per heavy atom. The average molecular weight is 373 g/mol. The minimum Gasteiger partial charge on any atom is -0.444 e. The van der Waals surface area contributed by atoms with E-state index < -0.39 is 17.9 Å². The zero-order valence-electron chi connectivity index (χ0n) is 16.6. The van der Waals surface area contributed by atoms with Crippen LogP contribution in [0.15, 0.2) is 24.3 Å². The first-order valence-electron chi connectivity index (χ1n) is 9.74. The quantitative estimate of drug-likeness (QED) is 0.613. The Balaban J connectivity index is 1.66. The maximum atomic E-state index is 12.1. The normalized spacial score (nSPS) is 21.8. The van der Waals surface area contributed by atoms with Gasteiger partial charge >= 0.3 is 6.09 Å². The van der Waals surface area contributed by atoms with Crippen molar-refractivity contribution >= 4 is 17.0 Å². The zero-order chi connectivity index (χ0) is 19.6. The topological polar surface area (TPSA) is 86.4 Å². The number of aryl methyl sites for hydroxylation is 1. The third kappa shape index (κ3) is 5.23. The molecule has 1 heterocycles. The summed E-state index contributed by atoms with van der Waals surface area (Å²) in [5.74, 6) is 0. The van der Waals surface area contributed by atoms with Crippen LogP contribution in [0.1, 0.15) is 63.9 Å². The van der Waals surface area contributed by atoms with Gasteiger partial charge in [0.05, 0.1) is 5.69 Å². The third-order valence-corrected chi connectivity index (χ3v) is 4.93. The number of alkyl carbamates (subject to hydrolysis) is 1. The molecule has 0 spiro atoms. The van der Waals surface area contributed by atoms with Crippen molar-refractivity contribution in [3.8, 4) is 0 Å². The second-order valence-corrected chi connectivity index (χ2v) is 8.53. The van der Waals surface area contributed by atoms with E-state index in [1.165, 1.54) is 5.56 Å². The highest BCUT2D eigenvalue weighted by molar-refractivity contribution is 5.81. The minimum atomic E-state index is -0.816. The maximum absolute atomic E-state index is 12.1. The number of hydrogen-bond acceptors (Lipinski definition) is 4. The smallest absolute Gasteiger partial charge is 0.407 e. The monoisotopic (exact) mass is 373 g/mol. The largest absolute Gasteiger partial charge is 0.444 e. The van der Waals surface area contributed by atoms with Crippen molar-refractivity contribution in [1.82, 2.24) is 15.6 Å². The molecule has 1 amide bonds. The predicted octanol–water partition coefficient (Wildman–Crippen LogP) is 3.89. The van der Waals surface area contributed by atoms with E-state index in [4.69, 9.17) is 4.74 Å². The molecule has 0 radical (unpaired) electrons. The number of ether oxygens (including phenoxy) is 1. The van der Waals surface area contributed by atoms with Crippen molar-refractivity contribution in [2.75, 3.05) is 0 Å². The second-order valence-electron chi connectivity index (χ2n) is 8.53. The highest BCUT2D eigenvalue weighted by atomic mass is 16.6. The summed E-state index contributed by atoms with van der Waals surface area (Å²) in [5, 5.41) is 18.0. The summed E-state index contributed by atoms with van der Waals surface area (Å²) in [6, 6.07) is 8.07. The number of fused-ring (bicyclic) bond motifs is 1. The van der Waals surface area contributed by atoms with Crippen LogP contribution in [0.2, 0.25) is 0 Å². The zero-order valence-corrected chi connectivity index (χ0v) is 16.6. The molecular weight excluding hydrogens is 342 g/mol. The lowest BCUT2D eigenvalue weighted by molar-refractivity contribution is 0.0446. The first-order valence-corrected chi connectivity index (χ1v) is 9.74. The molecule has 1 aliphatic carbocycles. The first kappa shape index (κ1) is 19.7. The molecule has 6 nitrogen and oxygen atoms in total. The van der Waals surface area contributed by atoms with Crippen LogP contribution in [0.5, 0.6) is 0 Å². The number of aromatic nitrogens is 1. The molecule has 3 rings (SSSR count). The molecule has 0 aliphatic heterocycles. The molecule has 148 valence electrons. The highest BCUT2D eigenvalue weighted by Crippen LogP contribution is 2.24. The summed E-state index contributed by atoms with van der Waals surface area (Å²) in [5.41, 5.74) is 2.40.